The van der Waals surface area contributed by atoms with E-state index in [0.29, 0.717) is 0 Å². The molecule has 0 aromatic rings. The standard InChI is InChI=1S/C21H30O6/c1-12(2)7-8-14-18(24)17(15(22)11-13(3)4)19(25)21(14,27)16(23)9-10-20(5,6)26/h7,9-10,13-14,17,26-27H,8,11H2,1-6H3. The number of carbonyl (C=O) groups is 4. The van der Waals surface area contributed by atoms with Gasteiger partial charge in [-0.3, -0.25) is 19.2 Å². The Labute approximate surface area is 160 Å². The number of rotatable bonds is 8. The lowest BCUT2D eigenvalue weighted by Gasteiger charge is -2.24. The van der Waals surface area contributed by atoms with Crippen LogP contribution in [0.3, 0.4) is 0 Å². The fraction of sp³-hybridized carbons (Fsp3) is 0.619. The van der Waals surface area contributed by atoms with Gasteiger partial charge in [-0.15, -0.1) is 0 Å². The Bertz CT molecular complexity index is 688. The smallest absolute Gasteiger partial charge is 0.196 e. The summed E-state index contributed by atoms with van der Waals surface area (Å²) >= 11 is 0. The highest BCUT2D eigenvalue weighted by Crippen LogP contribution is 2.39. The van der Waals surface area contributed by atoms with Crippen LogP contribution in [-0.2, 0) is 19.2 Å². The molecule has 1 aliphatic rings. The highest BCUT2D eigenvalue weighted by atomic mass is 16.3. The summed E-state index contributed by atoms with van der Waals surface area (Å²) in [6, 6.07) is 0. The van der Waals surface area contributed by atoms with Gasteiger partial charge in [-0.1, -0.05) is 31.6 Å². The molecule has 2 N–H and O–H groups in total. The molecule has 0 amide bonds. The van der Waals surface area contributed by atoms with Crippen molar-refractivity contribution in [3.63, 3.8) is 0 Å². The van der Waals surface area contributed by atoms with Gasteiger partial charge in [0.1, 0.15) is 5.92 Å². The van der Waals surface area contributed by atoms with Crippen molar-refractivity contribution >= 4 is 23.1 Å². The largest absolute Gasteiger partial charge is 0.386 e. The van der Waals surface area contributed by atoms with Crippen LogP contribution in [0.4, 0.5) is 0 Å². The van der Waals surface area contributed by atoms with Crippen molar-refractivity contribution in [1.29, 1.82) is 0 Å². The zero-order chi connectivity index (χ0) is 21.2. The minimum atomic E-state index is -2.60. The molecule has 0 aromatic carbocycles. The predicted molar refractivity (Wildman–Crippen MR) is 101 cm³/mol. The van der Waals surface area contributed by atoms with Gasteiger partial charge in [0.15, 0.2) is 28.7 Å². The van der Waals surface area contributed by atoms with E-state index in [4.69, 9.17) is 0 Å². The van der Waals surface area contributed by atoms with E-state index in [1.807, 2.05) is 0 Å². The van der Waals surface area contributed by atoms with Gasteiger partial charge in [-0.2, -0.15) is 0 Å². The van der Waals surface area contributed by atoms with Crippen LogP contribution >= 0.6 is 0 Å². The molecular formula is C21H30O6. The van der Waals surface area contributed by atoms with Crippen molar-refractivity contribution in [2.75, 3.05) is 0 Å². The van der Waals surface area contributed by atoms with E-state index in [1.54, 1.807) is 33.8 Å². The summed E-state index contributed by atoms with van der Waals surface area (Å²) in [4.78, 5) is 50.8. The summed E-state index contributed by atoms with van der Waals surface area (Å²) in [6.45, 7) is 10.0. The zero-order valence-corrected chi connectivity index (χ0v) is 16.9. The van der Waals surface area contributed by atoms with Crippen molar-refractivity contribution in [3.8, 4) is 0 Å². The Kier molecular flexibility index (Phi) is 7.19. The van der Waals surface area contributed by atoms with E-state index >= 15 is 0 Å². The highest BCUT2D eigenvalue weighted by molar-refractivity contribution is 6.34. The topological polar surface area (TPSA) is 109 Å². The van der Waals surface area contributed by atoms with Gasteiger partial charge in [0, 0.05) is 6.42 Å². The number of allylic oxidation sites excluding steroid dienone is 2. The van der Waals surface area contributed by atoms with Crippen LogP contribution in [0.5, 0.6) is 0 Å². The van der Waals surface area contributed by atoms with Gasteiger partial charge in [-0.05, 0) is 46.1 Å². The first-order valence-electron chi connectivity index (χ1n) is 9.14. The van der Waals surface area contributed by atoms with Crippen LogP contribution in [0, 0.1) is 17.8 Å². The van der Waals surface area contributed by atoms with Gasteiger partial charge in [-0.25, -0.2) is 0 Å². The highest BCUT2D eigenvalue weighted by Gasteiger charge is 2.64. The quantitative estimate of drug-likeness (QED) is 0.380. The third-order valence-electron chi connectivity index (χ3n) is 4.48. The maximum atomic E-state index is 12.9. The lowest BCUT2D eigenvalue weighted by Crippen LogP contribution is -2.49. The first-order valence-corrected chi connectivity index (χ1v) is 9.14. The SMILES string of the molecule is CC(C)=CCC1C(=O)C(C(=O)CC(C)C)C(=O)C1(O)C(=O)C=CC(C)(C)O. The second-order valence-corrected chi connectivity index (χ2v) is 8.45. The second kappa shape index (κ2) is 8.40. The van der Waals surface area contributed by atoms with E-state index in [2.05, 4.69) is 0 Å². The molecule has 0 bridgehead atoms. The Morgan fingerprint density at radius 3 is 2.22 bits per heavy atom. The van der Waals surface area contributed by atoms with Crippen LogP contribution in [-0.4, -0.2) is 44.5 Å². The first kappa shape index (κ1) is 23.1. The lowest BCUT2D eigenvalue weighted by atomic mass is 9.82. The molecule has 0 aliphatic heterocycles. The first-order chi connectivity index (χ1) is 12.2. The van der Waals surface area contributed by atoms with Gasteiger partial charge in [0.05, 0.1) is 11.5 Å². The lowest BCUT2D eigenvalue weighted by molar-refractivity contribution is -0.151. The molecule has 0 aromatic heterocycles. The fourth-order valence-electron chi connectivity index (χ4n) is 3.09. The van der Waals surface area contributed by atoms with Crippen LogP contribution in [0.15, 0.2) is 23.8 Å². The summed E-state index contributed by atoms with van der Waals surface area (Å²) in [5.41, 5.74) is -3.07. The van der Waals surface area contributed by atoms with E-state index in [9.17, 15) is 29.4 Å². The van der Waals surface area contributed by atoms with Crippen LogP contribution < -0.4 is 0 Å². The van der Waals surface area contributed by atoms with E-state index in [0.717, 1.165) is 17.7 Å². The molecule has 3 unspecified atom stereocenters. The molecule has 1 saturated carbocycles. The molecule has 150 valence electrons. The summed E-state index contributed by atoms with van der Waals surface area (Å²) in [7, 11) is 0. The average molecular weight is 378 g/mol. The normalized spacial score (nSPS) is 26.1. The van der Waals surface area contributed by atoms with E-state index < -0.39 is 46.2 Å². The molecule has 0 spiro atoms. The maximum Gasteiger partial charge on any atom is 0.196 e. The third-order valence-corrected chi connectivity index (χ3v) is 4.48. The molecule has 1 fully saturated rings. The summed E-state index contributed by atoms with van der Waals surface area (Å²) in [6.07, 6.45) is 3.71. The van der Waals surface area contributed by atoms with Gasteiger partial charge < -0.3 is 10.2 Å². The van der Waals surface area contributed by atoms with Gasteiger partial charge in [0.2, 0.25) is 0 Å². The molecule has 6 nitrogen and oxygen atoms in total. The molecule has 3 atom stereocenters. The molecule has 1 aliphatic carbocycles. The van der Waals surface area contributed by atoms with Crippen molar-refractivity contribution in [3.05, 3.63) is 23.8 Å². The Morgan fingerprint density at radius 1 is 1.22 bits per heavy atom. The monoisotopic (exact) mass is 378 g/mol. The molecular weight excluding hydrogens is 348 g/mol. The molecule has 0 heterocycles. The van der Waals surface area contributed by atoms with Crippen molar-refractivity contribution in [2.24, 2.45) is 17.8 Å². The second-order valence-electron chi connectivity index (χ2n) is 8.45. The Morgan fingerprint density at radius 2 is 1.78 bits per heavy atom. The molecule has 6 heteroatoms. The Hall–Kier alpha value is -1.92. The summed E-state index contributed by atoms with van der Waals surface area (Å²) < 4.78 is 0. The average Bonchev–Trinajstić information content (AvgIpc) is 2.69. The fourth-order valence-corrected chi connectivity index (χ4v) is 3.09. The number of carbonyl (C=O) groups excluding carboxylic acids is 4. The number of hydrogen-bond donors (Lipinski definition) is 2. The van der Waals surface area contributed by atoms with Crippen LogP contribution in [0.2, 0.25) is 0 Å². The van der Waals surface area contributed by atoms with Crippen molar-refractivity contribution < 1.29 is 29.4 Å². The molecule has 0 saturated heterocycles. The van der Waals surface area contributed by atoms with Crippen molar-refractivity contribution in [2.45, 2.75) is 65.6 Å². The molecule has 27 heavy (non-hydrogen) atoms. The van der Waals surface area contributed by atoms with Crippen LogP contribution in [0.25, 0.3) is 0 Å². The zero-order valence-electron chi connectivity index (χ0n) is 16.9. The minimum Gasteiger partial charge on any atom is -0.386 e. The van der Waals surface area contributed by atoms with E-state index in [1.165, 1.54) is 13.8 Å². The Balaban J connectivity index is 3.38. The summed E-state index contributed by atoms with van der Waals surface area (Å²) in [5.74, 6) is -6.33. The number of aliphatic hydroxyl groups is 2. The van der Waals surface area contributed by atoms with E-state index in [-0.39, 0.29) is 18.8 Å². The minimum absolute atomic E-state index is 0.0152. The third kappa shape index (κ3) is 5.30. The van der Waals surface area contributed by atoms with Gasteiger partial charge in [0.25, 0.3) is 0 Å². The maximum absolute atomic E-state index is 12.9. The van der Waals surface area contributed by atoms with Crippen LogP contribution in [0.1, 0.15) is 54.4 Å². The molecule has 0 radical (unpaired) electrons. The van der Waals surface area contributed by atoms with Crippen molar-refractivity contribution in [1.82, 2.24) is 0 Å². The number of Topliss-reactive ketones (excluding diaryl/α,β-unsaturated/α-hetero) is 3. The summed E-state index contributed by atoms with van der Waals surface area (Å²) in [5, 5.41) is 20.7. The number of hydrogen-bond acceptors (Lipinski definition) is 6. The number of ketones is 4. The van der Waals surface area contributed by atoms with Gasteiger partial charge >= 0.3 is 0 Å². The molecule has 1 rings (SSSR count). The predicted octanol–water partition coefficient (Wildman–Crippen LogP) is 1.97.